The van der Waals surface area contributed by atoms with E-state index in [1.165, 1.54) is 0 Å². The summed E-state index contributed by atoms with van der Waals surface area (Å²) in [4.78, 5) is 16.6. The molecule has 25 heavy (non-hydrogen) atoms. The second-order valence-corrected chi connectivity index (χ2v) is 6.74. The first-order chi connectivity index (χ1) is 12.1. The van der Waals surface area contributed by atoms with Gasteiger partial charge in [0.1, 0.15) is 5.82 Å². The van der Waals surface area contributed by atoms with Gasteiger partial charge in [0.25, 0.3) is 0 Å². The summed E-state index contributed by atoms with van der Waals surface area (Å²) in [6.45, 7) is 7.92. The zero-order valence-electron chi connectivity index (χ0n) is 15.1. The van der Waals surface area contributed by atoms with Crippen LogP contribution in [0.4, 0.5) is 5.69 Å². The van der Waals surface area contributed by atoms with Crippen LogP contribution in [0.2, 0.25) is 0 Å². The summed E-state index contributed by atoms with van der Waals surface area (Å²) < 4.78 is 4.13. The molecule has 2 heterocycles. The summed E-state index contributed by atoms with van der Waals surface area (Å²) in [6.07, 6.45) is 5.09. The van der Waals surface area contributed by atoms with Gasteiger partial charge in [0.05, 0.1) is 17.6 Å². The van der Waals surface area contributed by atoms with E-state index in [0.29, 0.717) is 18.9 Å². The van der Waals surface area contributed by atoms with Crippen LogP contribution in [-0.4, -0.2) is 25.2 Å². The number of hydrogen-bond donors (Lipinski definition) is 1. The maximum absolute atomic E-state index is 11.8. The summed E-state index contributed by atoms with van der Waals surface area (Å²) in [5.41, 5.74) is 2.78. The van der Waals surface area contributed by atoms with E-state index in [4.69, 9.17) is 4.98 Å². The number of hydrogen-bond acceptors (Lipinski definition) is 3. The Labute approximate surface area is 147 Å². The normalized spacial score (nSPS) is 11.4. The standard InChI is InChI=1S/C19H25N5O/c1-4-6-19(25)21-15-7-8-17-16(11-15)22-18(24(17)12-14(2)3)13-23-10-5-9-20-23/h5,7-11,14H,4,6,12-13H2,1-3H3,(H,21,25). The highest BCUT2D eigenvalue weighted by Gasteiger charge is 2.13. The maximum Gasteiger partial charge on any atom is 0.224 e. The molecule has 132 valence electrons. The molecule has 1 N–H and O–H groups in total. The van der Waals surface area contributed by atoms with E-state index in [0.717, 1.165) is 35.5 Å². The van der Waals surface area contributed by atoms with Crippen molar-refractivity contribution in [1.29, 1.82) is 0 Å². The van der Waals surface area contributed by atoms with Crippen LogP contribution < -0.4 is 5.32 Å². The molecule has 0 saturated carbocycles. The first-order valence-corrected chi connectivity index (χ1v) is 8.83. The van der Waals surface area contributed by atoms with Gasteiger partial charge >= 0.3 is 0 Å². The van der Waals surface area contributed by atoms with Gasteiger partial charge in [-0.05, 0) is 36.6 Å². The number of fused-ring (bicyclic) bond motifs is 1. The highest BCUT2D eigenvalue weighted by atomic mass is 16.1. The largest absolute Gasteiger partial charge is 0.326 e. The van der Waals surface area contributed by atoms with Gasteiger partial charge in [-0.2, -0.15) is 5.10 Å². The molecule has 0 radical (unpaired) electrons. The lowest BCUT2D eigenvalue weighted by Crippen LogP contribution is -2.12. The maximum atomic E-state index is 11.8. The predicted molar refractivity (Wildman–Crippen MR) is 99.4 cm³/mol. The van der Waals surface area contributed by atoms with E-state index in [1.807, 2.05) is 42.1 Å². The molecule has 1 aromatic carbocycles. The number of amides is 1. The van der Waals surface area contributed by atoms with Crippen LogP contribution in [0.15, 0.2) is 36.7 Å². The fourth-order valence-corrected chi connectivity index (χ4v) is 2.94. The van der Waals surface area contributed by atoms with E-state index in [-0.39, 0.29) is 5.91 Å². The molecular weight excluding hydrogens is 314 g/mol. The molecule has 3 aromatic rings. The van der Waals surface area contributed by atoms with E-state index < -0.39 is 0 Å². The Kier molecular flexibility index (Phi) is 5.16. The van der Waals surface area contributed by atoms with Crippen molar-refractivity contribution < 1.29 is 4.79 Å². The van der Waals surface area contributed by atoms with Gasteiger partial charge in [0.15, 0.2) is 0 Å². The number of nitrogens with zero attached hydrogens (tertiary/aromatic N) is 4. The van der Waals surface area contributed by atoms with E-state index in [1.54, 1.807) is 6.20 Å². The summed E-state index contributed by atoms with van der Waals surface area (Å²) >= 11 is 0. The molecule has 0 spiro atoms. The lowest BCUT2D eigenvalue weighted by atomic mass is 10.2. The lowest BCUT2D eigenvalue weighted by Gasteiger charge is -2.12. The second-order valence-electron chi connectivity index (χ2n) is 6.74. The Bertz CT molecular complexity index is 848. The van der Waals surface area contributed by atoms with Crippen molar-refractivity contribution in [3.63, 3.8) is 0 Å². The molecule has 0 fully saturated rings. The van der Waals surface area contributed by atoms with Crippen molar-refractivity contribution in [2.45, 2.75) is 46.7 Å². The monoisotopic (exact) mass is 339 g/mol. The SMILES string of the molecule is CCCC(=O)Nc1ccc2c(c1)nc(Cn1cccn1)n2CC(C)C. The van der Waals surface area contributed by atoms with Crippen molar-refractivity contribution in [2.24, 2.45) is 5.92 Å². The Hall–Kier alpha value is -2.63. The lowest BCUT2D eigenvalue weighted by molar-refractivity contribution is -0.116. The number of rotatable bonds is 7. The highest BCUT2D eigenvalue weighted by Crippen LogP contribution is 2.22. The van der Waals surface area contributed by atoms with Crippen molar-refractivity contribution in [2.75, 3.05) is 5.32 Å². The van der Waals surface area contributed by atoms with Crippen LogP contribution >= 0.6 is 0 Å². The quantitative estimate of drug-likeness (QED) is 0.714. The van der Waals surface area contributed by atoms with Gasteiger partial charge in [0.2, 0.25) is 5.91 Å². The van der Waals surface area contributed by atoms with Crippen molar-refractivity contribution in [1.82, 2.24) is 19.3 Å². The molecule has 0 aliphatic carbocycles. The fourth-order valence-electron chi connectivity index (χ4n) is 2.94. The Morgan fingerprint density at radius 1 is 1.32 bits per heavy atom. The first kappa shape index (κ1) is 17.2. The fraction of sp³-hybridized carbons (Fsp3) is 0.421. The minimum absolute atomic E-state index is 0.0419. The van der Waals surface area contributed by atoms with Crippen LogP contribution in [0.1, 0.15) is 39.4 Å². The first-order valence-electron chi connectivity index (χ1n) is 8.83. The molecule has 2 aromatic heterocycles. The minimum atomic E-state index is 0.0419. The Morgan fingerprint density at radius 3 is 2.84 bits per heavy atom. The average molecular weight is 339 g/mol. The van der Waals surface area contributed by atoms with Gasteiger partial charge < -0.3 is 9.88 Å². The Morgan fingerprint density at radius 2 is 2.16 bits per heavy atom. The Balaban J connectivity index is 1.95. The number of carbonyl (C=O) groups is 1. The number of nitrogens with one attached hydrogen (secondary N) is 1. The van der Waals surface area contributed by atoms with Crippen LogP contribution in [0.25, 0.3) is 11.0 Å². The highest BCUT2D eigenvalue weighted by molar-refractivity contribution is 5.93. The van der Waals surface area contributed by atoms with Gasteiger partial charge in [-0.3, -0.25) is 9.48 Å². The molecule has 0 atom stereocenters. The van der Waals surface area contributed by atoms with Crippen LogP contribution in [0, 0.1) is 5.92 Å². The van der Waals surface area contributed by atoms with Gasteiger partial charge in [-0.25, -0.2) is 4.98 Å². The molecule has 0 saturated heterocycles. The molecule has 1 amide bonds. The minimum Gasteiger partial charge on any atom is -0.326 e. The number of carbonyl (C=O) groups excluding carboxylic acids is 1. The van der Waals surface area contributed by atoms with Gasteiger partial charge in [-0.15, -0.1) is 0 Å². The number of benzene rings is 1. The zero-order chi connectivity index (χ0) is 17.8. The number of imidazole rings is 1. The van der Waals surface area contributed by atoms with Crippen LogP contribution in [0.5, 0.6) is 0 Å². The summed E-state index contributed by atoms with van der Waals surface area (Å²) in [7, 11) is 0. The topological polar surface area (TPSA) is 64.7 Å². The molecule has 0 aliphatic heterocycles. The molecule has 6 heteroatoms. The third-order valence-electron chi connectivity index (χ3n) is 4.00. The van der Waals surface area contributed by atoms with E-state index >= 15 is 0 Å². The van der Waals surface area contributed by atoms with Crippen LogP contribution in [0.3, 0.4) is 0 Å². The molecule has 0 aliphatic rings. The second kappa shape index (κ2) is 7.51. The van der Waals surface area contributed by atoms with E-state index in [9.17, 15) is 4.79 Å². The summed E-state index contributed by atoms with van der Waals surface area (Å²) in [5.74, 6) is 1.53. The molecule has 0 bridgehead atoms. The molecular formula is C19H25N5O. The van der Waals surface area contributed by atoms with Crippen molar-refractivity contribution >= 4 is 22.6 Å². The zero-order valence-corrected chi connectivity index (χ0v) is 15.1. The van der Waals surface area contributed by atoms with Gasteiger partial charge in [0, 0.05) is 31.0 Å². The molecule has 6 nitrogen and oxygen atoms in total. The predicted octanol–water partition coefficient (Wildman–Crippen LogP) is 3.68. The van der Waals surface area contributed by atoms with E-state index in [2.05, 4.69) is 28.8 Å². The summed E-state index contributed by atoms with van der Waals surface area (Å²) in [6, 6.07) is 7.86. The summed E-state index contributed by atoms with van der Waals surface area (Å²) in [5, 5.41) is 7.23. The number of anilines is 1. The van der Waals surface area contributed by atoms with Crippen LogP contribution in [-0.2, 0) is 17.9 Å². The van der Waals surface area contributed by atoms with Crippen molar-refractivity contribution in [3.05, 3.63) is 42.5 Å². The number of aromatic nitrogens is 4. The third kappa shape index (κ3) is 4.07. The smallest absolute Gasteiger partial charge is 0.224 e. The van der Waals surface area contributed by atoms with Crippen molar-refractivity contribution in [3.8, 4) is 0 Å². The molecule has 3 rings (SSSR count). The third-order valence-corrected chi connectivity index (χ3v) is 4.00. The van der Waals surface area contributed by atoms with Gasteiger partial charge in [-0.1, -0.05) is 20.8 Å². The average Bonchev–Trinajstić information content (AvgIpc) is 3.16. The molecule has 0 unspecified atom stereocenters.